The van der Waals surface area contributed by atoms with Crippen molar-refractivity contribution in [1.82, 2.24) is 9.97 Å². The van der Waals surface area contributed by atoms with Crippen molar-refractivity contribution >= 4 is 23.7 Å². The molecular weight excluding hydrogens is 314 g/mol. The van der Waals surface area contributed by atoms with Crippen molar-refractivity contribution in [3.05, 3.63) is 46.6 Å². The van der Waals surface area contributed by atoms with Crippen LogP contribution in [0.25, 0.3) is 11.8 Å². The highest BCUT2D eigenvalue weighted by molar-refractivity contribution is 5.91. The maximum Gasteiger partial charge on any atom is 0.229 e. The lowest BCUT2D eigenvalue weighted by Crippen LogP contribution is -2.33. The van der Waals surface area contributed by atoms with Gasteiger partial charge in [0.1, 0.15) is 11.1 Å². The van der Waals surface area contributed by atoms with Gasteiger partial charge in [-0.25, -0.2) is 4.98 Å². The van der Waals surface area contributed by atoms with Crippen molar-refractivity contribution < 1.29 is 9.90 Å². The fraction of sp³-hybridized carbons (Fsp3) is 0.400. The molecule has 1 aliphatic rings. The first-order chi connectivity index (χ1) is 12.1. The molecule has 1 saturated carbocycles. The molecule has 1 fully saturated rings. The summed E-state index contributed by atoms with van der Waals surface area (Å²) in [5, 5.41) is 13.6. The van der Waals surface area contributed by atoms with E-state index >= 15 is 0 Å². The Morgan fingerprint density at radius 2 is 1.92 bits per heavy atom. The largest absolute Gasteiger partial charge is 0.510 e. The number of imidazole rings is 1. The van der Waals surface area contributed by atoms with Gasteiger partial charge in [0, 0.05) is 5.92 Å². The SMILES string of the molecule is C/C=c1/[nH]c(NC(=O)C2CC(c3ccccc3)C2)n/c1=C(/C)O.CC. The average Bonchev–Trinajstić information content (AvgIpc) is 2.99. The Kier molecular flexibility index (Phi) is 6.39. The molecule has 0 bridgehead atoms. The lowest BCUT2D eigenvalue weighted by Gasteiger charge is -2.34. The monoisotopic (exact) mass is 341 g/mol. The molecule has 1 aromatic heterocycles. The summed E-state index contributed by atoms with van der Waals surface area (Å²) in [7, 11) is 0. The van der Waals surface area contributed by atoms with Crippen LogP contribution in [0.3, 0.4) is 0 Å². The Hall–Kier alpha value is -2.56. The number of amides is 1. The molecule has 0 radical (unpaired) electrons. The van der Waals surface area contributed by atoms with Crippen LogP contribution < -0.4 is 16.0 Å². The third-order valence-corrected chi connectivity index (χ3v) is 4.38. The topological polar surface area (TPSA) is 78.0 Å². The summed E-state index contributed by atoms with van der Waals surface area (Å²) in [6.07, 6.45) is 3.54. The van der Waals surface area contributed by atoms with E-state index in [1.165, 1.54) is 5.56 Å². The number of aliphatic hydroxyl groups is 1. The molecule has 3 rings (SSSR count). The first-order valence-electron chi connectivity index (χ1n) is 8.86. The number of hydrogen-bond acceptors (Lipinski definition) is 3. The van der Waals surface area contributed by atoms with E-state index in [-0.39, 0.29) is 17.6 Å². The van der Waals surface area contributed by atoms with Gasteiger partial charge < -0.3 is 10.1 Å². The van der Waals surface area contributed by atoms with Gasteiger partial charge in [-0.15, -0.1) is 0 Å². The van der Waals surface area contributed by atoms with Crippen molar-refractivity contribution in [3.8, 4) is 0 Å². The van der Waals surface area contributed by atoms with E-state index in [0.29, 0.717) is 22.6 Å². The van der Waals surface area contributed by atoms with Crippen LogP contribution in [0.2, 0.25) is 0 Å². The van der Waals surface area contributed by atoms with E-state index in [2.05, 4.69) is 27.4 Å². The predicted octanol–water partition coefficient (Wildman–Crippen LogP) is 3.05. The van der Waals surface area contributed by atoms with Crippen LogP contribution in [0.4, 0.5) is 5.95 Å². The average molecular weight is 341 g/mol. The quantitative estimate of drug-likeness (QED) is 0.803. The Morgan fingerprint density at radius 3 is 2.44 bits per heavy atom. The van der Waals surface area contributed by atoms with Crippen LogP contribution >= 0.6 is 0 Å². The number of nitrogens with zero attached hydrogens (tertiary/aromatic N) is 1. The van der Waals surface area contributed by atoms with Gasteiger partial charge in [-0.2, -0.15) is 0 Å². The second-order valence-electron chi connectivity index (χ2n) is 5.99. The highest BCUT2D eigenvalue weighted by atomic mass is 16.3. The van der Waals surface area contributed by atoms with Gasteiger partial charge in [0.2, 0.25) is 11.9 Å². The Bertz CT molecular complexity index is 814. The summed E-state index contributed by atoms with van der Waals surface area (Å²) in [5.41, 5.74) is 1.30. The van der Waals surface area contributed by atoms with Crippen molar-refractivity contribution in [3.63, 3.8) is 0 Å². The van der Waals surface area contributed by atoms with Crippen molar-refractivity contribution in [2.45, 2.75) is 46.5 Å². The van der Waals surface area contributed by atoms with Gasteiger partial charge in [-0.05, 0) is 38.2 Å². The molecule has 2 aromatic rings. The zero-order valence-electron chi connectivity index (χ0n) is 15.3. The number of aromatic nitrogens is 2. The smallest absolute Gasteiger partial charge is 0.229 e. The maximum absolute atomic E-state index is 12.3. The zero-order chi connectivity index (χ0) is 18.4. The lowest BCUT2D eigenvalue weighted by molar-refractivity contribution is -0.122. The third kappa shape index (κ3) is 4.29. The number of hydrogen-bond donors (Lipinski definition) is 3. The number of nitrogens with one attached hydrogen (secondary N) is 2. The molecule has 5 heteroatoms. The van der Waals surface area contributed by atoms with E-state index in [1.807, 2.05) is 45.0 Å². The zero-order valence-corrected chi connectivity index (χ0v) is 15.3. The molecule has 5 nitrogen and oxygen atoms in total. The van der Waals surface area contributed by atoms with Crippen LogP contribution in [0.1, 0.15) is 52.0 Å². The summed E-state index contributed by atoms with van der Waals surface area (Å²) < 4.78 is 0. The molecule has 1 aromatic carbocycles. The molecule has 1 amide bonds. The first kappa shape index (κ1) is 18.8. The van der Waals surface area contributed by atoms with Crippen LogP contribution in [0.5, 0.6) is 0 Å². The Morgan fingerprint density at radius 1 is 1.28 bits per heavy atom. The Balaban J connectivity index is 0.00000109. The molecule has 0 unspecified atom stereocenters. The van der Waals surface area contributed by atoms with Gasteiger partial charge in [-0.3, -0.25) is 10.1 Å². The van der Waals surface area contributed by atoms with Crippen LogP contribution in [0, 0.1) is 5.92 Å². The highest BCUT2D eigenvalue weighted by Gasteiger charge is 2.35. The molecule has 0 saturated heterocycles. The molecule has 0 atom stereocenters. The fourth-order valence-corrected chi connectivity index (χ4v) is 2.98. The van der Waals surface area contributed by atoms with E-state index in [1.54, 1.807) is 6.92 Å². The van der Waals surface area contributed by atoms with Crippen molar-refractivity contribution in [2.75, 3.05) is 5.32 Å². The summed E-state index contributed by atoms with van der Waals surface area (Å²) in [6.45, 7) is 7.42. The molecule has 1 aliphatic carbocycles. The third-order valence-electron chi connectivity index (χ3n) is 4.38. The summed E-state index contributed by atoms with van der Waals surface area (Å²) >= 11 is 0. The molecule has 0 spiro atoms. The standard InChI is InChI=1S/C18H21N3O2.C2H6/c1-3-15-16(11(2)22)20-18(19-15)21-17(23)14-9-13(10-14)12-7-5-4-6-8-12;1-2/h3-8,13-14,22H,9-10H2,1-2H3,(H2,19,20,21,23);1-2H3/b15-3+,16-11-;. The summed E-state index contributed by atoms with van der Waals surface area (Å²) in [5.74, 6) is 0.974. The van der Waals surface area contributed by atoms with Gasteiger partial charge in [0.05, 0.1) is 5.35 Å². The number of H-pyrrole nitrogens is 1. The molecular formula is C20H27N3O2. The molecule has 25 heavy (non-hydrogen) atoms. The minimum absolute atomic E-state index is 0.0158. The number of benzene rings is 1. The predicted molar refractivity (Wildman–Crippen MR) is 102 cm³/mol. The van der Waals surface area contributed by atoms with E-state index in [4.69, 9.17) is 0 Å². The highest BCUT2D eigenvalue weighted by Crippen LogP contribution is 2.41. The summed E-state index contributed by atoms with van der Waals surface area (Å²) in [4.78, 5) is 19.5. The van der Waals surface area contributed by atoms with Crippen molar-refractivity contribution in [2.24, 2.45) is 5.92 Å². The fourth-order valence-electron chi connectivity index (χ4n) is 2.98. The van der Waals surface area contributed by atoms with E-state index in [9.17, 15) is 9.90 Å². The van der Waals surface area contributed by atoms with Crippen LogP contribution in [0.15, 0.2) is 30.3 Å². The number of aromatic amines is 1. The van der Waals surface area contributed by atoms with E-state index < -0.39 is 0 Å². The number of carbonyl (C=O) groups is 1. The number of anilines is 1. The van der Waals surface area contributed by atoms with Gasteiger partial charge in [0.15, 0.2) is 0 Å². The molecule has 134 valence electrons. The van der Waals surface area contributed by atoms with Crippen LogP contribution in [-0.2, 0) is 4.79 Å². The minimum Gasteiger partial charge on any atom is -0.510 e. The first-order valence-corrected chi connectivity index (χ1v) is 8.86. The number of carbonyl (C=O) groups excluding carboxylic acids is 1. The second-order valence-corrected chi connectivity index (χ2v) is 5.99. The molecule has 1 heterocycles. The van der Waals surface area contributed by atoms with Gasteiger partial charge in [-0.1, -0.05) is 50.3 Å². The van der Waals surface area contributed by atoms with Gasteiger partial charge >= 0.3 is 0 Å². The number of aliphatic hydroxyl groups excluding tert-OH is 1. The van der Waals surface area contributed by atoms with Crippen molar-refractivity contribution in [1.29, 1.82) is 0 Å². The Labute approximate surface area is 148 Å². The minimum atomic E-state index is -0.0178. The lowest BCUT2D eigenvalue weighted by atomic mass is 9.71. The number of rotatable bonds is 3. The molecule has 3 N–H and O–H groups in total. The summed E-state index contributed by atoms with van der Waals surface area (Å²) in [6, 6.07) is 10.3. The normalized spacial score (nSPS) is 20.9. The van der Waals surface area contributed by atoms with E-state index in [0.717, 1.165) is 12.8 Å². The second kappa shape index (κ2) is 8.51. The molecule has 0 aliphatic heterocycles. The van der Waals surface area contributed by atoms with Crippen LogP contribution in [-0.4, -0.2) is 21.0 Å². The van der Waals surface area contributed by atoms with Gasteiger partial charge in [0.25, 0.3) is 0 Å². The maximum atomic E-state index is 12.3.